The number of nitrogens with zero attached hydrogens (tertiary/aromatic N) is 3. The molecule has 116 valence electrons. The monoisotopic (exact) mass is 300 g/mol. The summed E-state index contributed by atoms with van der Waals surface area (Å²) >= 11 is 0. The molecule has 1 fully saturated rings. The third-order valence-corrected chi connectivity index (χ3v) is 4.05. The number of hydrogen-bond donors (Lipinski definition) is 2. The SMILES string of the molecule is O=C(O)N1CCN(Cc2ccccc2)C[C@@H]1Cc1ncc[nH]1. The zero-order valence-electron chi connectivity index (χ0n) is 12.4. The lowest BCUT2D eigenvalue weighted by atomic mass is 10.1. The van der Waals surface area contributed by atoms with E-state index in [1.165, 1.54) is 10.5 Å². The van der Waals surface area contributed by atoms with Gasteiger partial charge in [-0.3, -0.25) is 4.90 Å². The van der Waals surface area contributed by atoms with Crippen molar-refractivity contribution >= 4 is 6.09 Å². The molecule has 1 amide bonds. The van der Waals surface area contributed by atoms with Crippen molar-refractivity contribution in [1.29, 1.82) is 0 Å². The van der Waals surface area contributed by atoms with Gasteiger partial charge in [0.1, 0.15) is 5.82 Å². The molecule has 2 aromatic rings. The first-order chi connectivity index (χ1) is 10.7. The minimum absolute atomic E-state index is 0.0684. The van der Waals surface area contributed by atoms with Gasteiger partial charge in [-0.2, -0.15) is 0 Å². The van der Waals surface area contributed by atoms with Gasteiger partial charge in [0, 0.05) is 45.0 Å². The highest BCUT2D eigenvalue weighted by Gasteiger charge is 2.30. The Morgan fingerprint density at radius 1 is 1.32 bits per heavy atom. The number of carbonyl (C=O) groups is 1. The molecule has 1 saturated heterocycles. The van der Waals surface area contributed by atoms with E-state index in [4.69, 9.17) is 0 Å². The topological polar surface area (TPSA) is 72.5 Å². The summed E-state index contributed by atoms with van der Waals surface area (Å²) in [5.74, 6) is 0.831. The van der Waals surface area contributed by atoms with Gasteiger partial charge in [-0.25, -0.2) is 9.78 Å². The van der Waals surface area contributed by atoms with Gasteiger partial charge in [-0.05, 0) is 5.56 Å². The number of H-pyrrole nitrogens is 1. The number of hydrogen-bond acceptors (Lipinski definition) is 3. The molecule has 6 heteroatoms. The van der Waals surface area contributed by atoms with Crippen LogP contribution in [0.25, 0.3) is 0 Å². The van der Waals surface area contributed by atoms with E-state index in [1.807, 2.05) is 18.2 Å². The largest absolute Gasteiger partial charge is 0.465 e. The van der Waals surface area contributed by atoms with Crippen molar-refractivity contribution in [2.75, 3.05) is 19.6 Å². The van der Waals surface area contributed by atoms with E-state index in [2.05, 4.69) is 27.0 Å². The van der Waals surface area contributed by atoms with Crippen LogP contribution in [-0.2, 0) is 13.0 Å². The molecular weight excluding hydrogens is 280 g/mol. The fraction of sp³-hybridized carbons (Fsp3) is 0.375. The minimum atomic E-state index is -0.851. The van der Waals surface area contributed by atoms with Gasteiger partial charge in [0.2, 0.25) is 0 Å². The fourth-order valence-electron chi connectivity index (χ4n) is 2.96. The molecule has 1 aliphatic heterocycles. The zero-order chi connectivity index (χ0) is 15.4. The quantitative estimate of drug-likeness (QED) is 0.903. The summed E-state index contributed by atoms with van der Waals surface area (Å²) in [7, 11) is 0. The molecule has 22 heavy (non-hydrogen) atoms. The van der Waals surface area contributed by atoms with Crippen LogP contribution in [0.3, 0.4) is 0 Å². The molecule has 1 aromatic heterocycles. The molecule has 1 aliphatic rings. The first kappa shape index (κ1) is 14.6. The summed E-state index contributed by atoms with van der Waals surface area (Å²) in [6.07, 6.45) is 3.23. The molecule has 0 aliphatic carbocycles. The van der Waals surface area contributed by atoms with E-state index in [0.717, 1.165) is 25.5 Å². The number of imidazole rings is 1. The predicted molar refractivity (Wildman–Crippen MR) is 82.5 cm³/mol. The Morgan fingerprint density at radius 2 is 2.14 bits per heavy atom. The van der Waals surface area contributed by atoms with Gasteiger partial charge in [-0.1, -0.05) is 30.3 Å². The van der Waals surface area contributed by atoms with Gasteiger partial charge in [0.05, 0.1) is 6.04 Å². The molecule has 0 saturated carbocycles. The number of aromatic nitrogens is 2. The van der Waals surface area contributed by atoms with E-state index in [1.54, 1.807) is 12.4 Å². The van der Waals surface area contributed by atoms with Crippen LogP contribution in [0.5, 0.6) is 0 Å². The third kappa shape index (κ3) is 3.46. The molecule has 0 bridgehead atoms. The second-order valence-corrected chi connectivity index (χ2v) is 5.59. The molecule has 2 heterocycles. The van der Waals surface area contributed by atoms with Crippen molar-refractivity contribution in [3.05, 3.63) is 54.1 Å². The first-order valence-corrected chi connectivity index (χ1v) is 7.46. The van der Waals surface area contributed by atoms with Crippen molar-refractivity contribution in [2.24, 2.45) is 0 Å². The van der Waals surface area contributed by atoms with Gasteiger partial charge in [-0.15, -0.1) is 0 Å². The summed E-state index contributed by atoms with van der Waals surface area (Å²) in [5.41, 5.74) is 1.25. The van der Waals surface area contributed by atoms with Crippen molar-refractivity contribution in [2.45, 2.75) is 19.0 Å². The number of piperazine rings is 1. The second kappa shape index (κ2) is 6.62. The molecule has 0 unspecified atom stereocenters. The Morgan fingerprint density at radius 3 is 2.82 bits per heavy atom. The maximum atomic E-state index is 11.4. The number of aromatic amines is 1. The van der Waals surface area contributed by atoms with E-state index < -0.39 is 6.09 Å². The Labute approximate surface area is 129 Å². The highest BCUT2D eigenvalue weighted by atomic mass is 16.4. The molecule has 1 aromatic carbocycles. The molecule has 0 radical (unpaired) electrons. The average molecular weight is 300 g/mol. The highest BCUT2D eigenvalue weighted by Crippen LogP contribution is 2.16. The molecule has 2 N–H and O–H groups in total. The van der Waals surface area contributed by atoms with Crippen LogP contribution >= 0.6 is 0 Å². The van der Waals surface area contributed by atoms with Crippen LogP contribution in [-0.4, -0.2) is 56.6 Å². The lowest BCUT2D eigenvalue weighted by molar-refractivity contribution is 0.0638. The second-order valence-electron chi connectivity index (χ2n) is 5.59. The van der Waals surface area contributed by atoms with Crippen molar-refractivity contribution in [1.82, 2.24) is 19.8 Å². The standard InChI is InChI=1S/C16H20N4O2/c21-16(22)20-9-8-19(11-13-4-2-1-3-5-13)12-14(20)10-15-17-6-7-18-15/h1-7,14H,8-12H2,(H,17,18)(H,21,22)/t14-/m0/s1. The number of benzene rings is 1. The van der Waals surface area contributed by atoms with Crippen LogP contribution in [0.15, 0.2) is 42.7 Å². The summed E-state index contributed by atoms with van der Waals surface area (Å²) in [5, 5.41) is 9.39. The lowest BCUT2D eigenvalue weighted by Crippen LogP contribution is -2.55. The van der Waals surface area contributed by atoms with Crippen LogP contribution in [0.4, 0.5) is 4.79 Å². The molecule has 6 nitrogen and oxygen atoms in total. The molecule has 0 spiro atoms. The Kier molecular flexibility index (Phi) is 4.39. The van der Waals surface area contributed by atoms with Crippen LogP contribution < -0.4 is 0 Å². The van der Waals surface area contributed by atoms with Crippen LogP contribution in [0.2, 0.25) is 0 Å². The number of carboxylic acid groups (broad SMARTS) is 1. The first-order valence-electron chi connectivity index (χ1n) is 7.46. The fourth-order valence-corrected chi connectivity index (χ4v) is 2.96. The maximum absolute atomic E-state index is 11.4. The third-order valence-electron chi connectivity index (χ3n) is 4.05. The van der Waals surface area contributed by atoms with Crippen molar-refractivity contribution in [3.63, 3.8) is 0 Å². The highest BCUT2D eigenvalue weighted by molar-refractivity contribution is 5.65. The van der Waals surface area contributed by atoms with Gasteiger partial charge >= 0.3 is 6.09 Å². The predicted octanol–water partition coefficient (Wildman–Crippen LogP) is 1.82. The van der Waals surface area contributed by atoms with Gasteiger partial charge in [0.15, 0.2) is 0 Å². The van der Waals surface area contributed by atoms with Crippen molar-refractivity contribution < 1.29 is 9.90 Å². The van der Waals surface area contributed by atoms with Crippen LogP contribution in [0.1, 0.15) is 11.4 Å². The zero-order valence-corrected chi connectivity index (χ0v) is 12.4. The number of rotatable bonds is 4. The number of nitrogens with one attached hydrogen (secondary N) is 1. The normalized spacial score (nSPS) is 19.3. The van der Waals surface area contributed by atoms with Crippen molar-refractivity contribution in [3.8, 4) is 0 Å². The van der Waals surface area contributed by atoms with Crippen LogP contribution in [0, 0.1) is 0 Å². The van der Waals surface area contributed by atoms with Gasteiger partial charge < -0.3 is 15.0 Å². The van der Waals surface area contributed by atoms with E-state index in [9.17, 15) is 9.90 Å². The number of amides is 1. The Balaban J connectivity index is 1.68. The summed E-state index contributed by atoms with van der Waals surface area (Å²) in [6, 6.07) is 10.2. The molecule has 3 rings (SSSR count). The summed E-state index contributed by atoms with van der Waals surface area (Å²) in [4.78, 5) is 22.6. The molecular formula is C16H20N4O2. The molecule has 1 atom stereocenters. The lowest BCUT2D eigenvalue weighted by Gasteiger charge is -2.39. The van der Waals surface area contributed by atoms with E-state index in [-0.39, 0.29) is 6.04 Å². The smallest absolute Gasteiger partial charge is 0.407 e. The minimum Gasteiger partial charge on any atom is -0.465 e. The Bertz CT molecular complexity index is 600. The maximum Gasteiger partial charge on any atom is 0.407 e. The van der Waals surface area contributed by atoms with E-state index >= 15 is 0 Å². The Hall–Kier alpha value is -2.34. The summed E-state index contributed by atoms with van der Waals surface area (Å²) < 4.78 is 0. The average Bonchev–Trinajstić information content (AvgIpc) is 3.01. The van der Waals surface area contributed by atoms with E-state index in [0.29, 0.717) is 13.0 Å². The van der Waals surface area contributed by atoms with Gasteiger partial charge in [0.25, 0.3) is 0 Å². The summed E-state index contributed by atoms with van der Waals surface area (Å²) in [6.45, 7) is 2.87.